The van der Waals surface area contributed by atoms with Crippen molar-refractivity contribution < 1.29 is 0 Å². The molecule has 0 saturated carbocycles. The van der Waals surface area contributed by atoms with Crippen LogP contribution in [0.5, 0.6) is 0 Å². The smallest absolute Gasteiger partial charge is 0.0121 e. The Bertz CT molecular complexity index is 131. The summed E-state index contributed by atoms with van der Waals surface area (Å²) in [5, 5.41) is 0. The molecule has 2 unspecified atom stereocenters. The number of hydrogen-bond donors (Lipinski definition) is 0. The highest BCUT2D eigenvalue weighted by molar-refractivity contribution is 4.77. The highest BCUT2D eigenvalue weighted by atomic mass is 15.2. The van der Waals surface area contributed by atoms with Crippen LogP contribution in [-0.4, -0.2) is 23.5 Å². The van der Waals surface area contributed by atoms with Crippen LogP contribution in [0.1, 0.15) is 60.8 Å². The molecule has 0 N–H and O–H groups in total. The molecule has 2 atom stereocenters. The van der Waals surface area contributed by atoms with Crippen LogP contribution < -0.4 is 0 Å². The number of hydrogen-bond acceptors (Lipinski definition) is 1. The molecular weight excluding hydrogens is 170 g/mol. The first-order chi connectivity index (χ1) is 6.58. The normalized spacial score (nSPS) is 16.3. The van der Waals surface area contributed by atoms with E-state index in [-0.39, 0.29) is 0 Å². The third kappa shape index (κ3) is 4.00. The molecule has 14 heavy (non-hydrogen) atoms. The molecule has 0 aliphatic heterocycles. The molecular formula is C13H29N. The van der Waals surface area contributed by atoms with E-state index in [1.54, 1.807) is 0 Å². The van der Waals surface area contributed by atoms with Crippen LogP contribution in [-0.2, 0) is 0 Å². The highest BCUT2D eigenvalue weighted by Crippen LogP contribution is 2.21. The summed E-state index contributed by atoms with van der Waals surface area (Å²) in [5.41, 5.74) is 0. The summed E-state index contributed by atoms with van der Waals surface area (Å²) in [6, 6.07) is 1.46. The lowest BCUT2D eigenvalue weighted by atomic mass is 9.92. The summed E-state index contributed by atoms with van der Waals surface area (Å²) < 4.78 is 0. The largest absolute Gasteiger partial charge is 0.298 e. The summed E-state index contributed by atoms with van der Waals surface area (Å²) in [7, 11) is 0. The van der Waals surface area contributed by atoms with E-state index in [4.69, 9.17) is 0 Å². The molecule has 1 nitrogen and oxygen atoms in total. The van der Waals surface area contributed by atoms with Crippen LogP contribution in [0, 0.1) is 5.92 Å². The van der Waals surface area contributed by atoms with Gasteiger partial charge in [0.15, 0.2) is 0 Å². The topological polar surface area (TPSA) is 3.24 Å². The summed E-state index contributed by atoms with van der Waals surface area (Å²) in [5.74, 6) is 0.840. The zero-order chi connectivity index (χ0) is 11.1. The van der Waals surface area contributed by atoms with Crippen LogP contribution in [0.15, 0.2) is 0 Å². The van der Waals surface area contributed by atoms with Gasteiger partial charge in [0.25, 0.3) is 0 Å². The van der Waals surface area contributed by atoms with Crippen LogP contribution in [0.3, 0.4) is 0 Å². The van der Waals surface area contributed by atoms with Gasteiger partial charge in [-0.25, -0.2) is 0 Å². The Morgan fingerprint density at radius 3 is 1.86 bits per heavy atom. The van der Waals surface area contributed by atoms with Gasteiger partial charge in [-0.05, 0) is 39.2 Å². The molecule has 0 aliphatic rings. The fraction of sp³-hybridized carbons (Fsp3) is 1.00. The molecule has 0 saturated heterocycles. The monoisotopic (exact) mass is 199 g/mol. The average molecular weight is 199 g/mol. The second-order valence-corrected chi connectivity index (χ2v) is 4.67. The molecule has 0 aromatic carbocycles. The molecule has 0 aliphatic carbocycles. The first-order valence-electron chi connectivity index (χ1n) is 6.34. The fourth-order valence-corrected chi connectivity index (χ4v) is 2.59. The first kappa shape index (κ1) is 14.0. The van der Waals surface area contributed by atoms with E-state index >= 15 is 0 Å². The van der Waals surface area contributed by atoms with Gasteiger partial charge < -0.3 is 0 Å². The van der Waals surface area contributed by atoms with Crippen molar-refractivity contribution in [1.29, 1.82) is 0 Å². The maximum Gasteiger partial charge on any atom is 0.0121 e. The first-order valence-corrected chi connectivity index (χ1v) is 6.34. The van der Waals surface area contributed by atoms with Gasteiger partial charge in [0.1, 0.15) is 0 Å². The summed E-state index contributed by atoms with van der Waals surface area (Å²) in [4.78, 5) is 2.64. The van der Waals surface area contributed by atoms with E-state index in [1.165, 1.54) is 25.8 Å². The van der Waals surface area contributed by atoms with Gasteiger partial charge in [-0.1, -0.05) is 34.1 Å². The minimum Gasteiger partial charge on any atom is -0.298 e. The van der Waals surface area contributed by atoms with Crippen molar-refractivity contribution in [3.8, 4) is 0 Å². The minimum absolute atomic E-state index is 0.684. The molecule has 0 heterocycles. The molecule has 1 heteroatoms. The molecule has 86 valence electrons. The Balaban J connectivity index is 4.34. The van der Waals surface area contributed by atoms with E-state index in [2.05, 4.69) is 46.4 Å². The van der Waals surface area contributed by atoms with Crippen molar-refractivity contribution in [3.05, 3.63) is 0 Å². The lowest BCUT2D eigenvalue weighted by molar-refractivity contribution is 0.111. The van der Waals surface area contributed by atoms with Crippen LogP contribution >= 0.6 is 0 Å². The predicted octanol–water partition coefficient (Wildman–Crippen LogP) is 3.93. The van der Waals surface area contributed by atoms with Crippen molar-refractivity contribution in [3.63, 3.8) is 0 Å². The van der Waals surface area contributed by atoms with Crippen LogP contribution in [0.2, 0.25) is 0 Å². The Hall–Kier alpha value is -0.0400. The Morgan fingerprint density at radius 1 is 1.00 bits per heavy atom. The van der Waals surface area contributed by atoms with E-state index in [0.29, 0.717) is 6.04 Å². The molecule has 0 aromatic rings. The zero-order valence-corrected chi connectivity index (χ0v) is 11.0. The van der Waals surface area contributed by atoms with E-state index in [9.17, 15) is 0 Å². The van der Waals surface area contributed by atoms with Crippen molar-refractivity contribution in [2.24, 2.45) is 5.92 Å². The minimum atomic E-state index is 0.684. The summed E-state index contributed by atoms with van der Waals surface area (Å²) >= 11 is 0. The standard InChI is InChI=1S/C13H29N/c1-7-10-12(6)13(8-2)14(9-3)11(4)5/h11-13H,7-10H2,1-6H3. The summed E-state index contributed by atoms with van der Waals surface area (Å²) in [6.45, 7) is 15.1. The van der Waals surface area contributed by atoms with Crippen molar-refractivity contribution >= 4 is 0 Å². The van der Waals surface area contributed by atoms with Gasteiger partial charge in [-0.3, -0.25) is 4.90 Å². The van der Waals surface area contributed by atoms with E-state index in [1.807, 2.05) is 0 Å². The van der Waals surface area contributed by atoms with Gasteiger partial charge in [-0.2, -0.15) is 0 Å². The summed E-state index contributed by atoms with van der Waals surface area (Å²) in [6.07, 6.45) is 3.96. The third-order valence-corrected chi connectivity index (χ3v) is 3.27. The molecule has 0 aromatic heterocycles. The fourth-order valence-electron chi connectivity index (χ4n) is 2.59. The van der Waals surface area contributed by atoms with E-state index in [0.717, 1.165) is 12.0 Å². The lowest BCUT2D eigenvalue weighted by Crippen LogP contribution is -2.43. The average Bonchev–Trinajstić information content (AvgIpc) is 2.13. The molecule has 0 radical (unpaired) electrons. The van der Waals surface area contributed by atoms with Crippen molar-refractivity contribution in [1.82, 2.24) is 4.90 Å². The van der Waals surface area contributed by atoms with Crippen LogP contribution in [0.25, 0.3) is 0 Å². The van der Waals surface area contributed by atoms with Gasteiger partial charge in [0, 0.05) is 12.1 Å². The second-order valence-electron chi connectivity index (χ2n) is 4.67. The SMILES string of the molecule is CCCC(C)C(CC)N(CC)C(C)C. The third-order valence-electron chi connectivity index (χ3n) is 3.27. The van der Waals surface area contributed by atoms with Gasteiger partial charge in [-0.15, -0.1) is 0 Å². The quantitative estimate of drug-likeness (QED) is 0.600. The van der Waals surface area contributed by atoms with Gasteiger partial charge in [0.2, 0.25) is 0 Å². The maximum absolute atomic E-state index is 2.64. The maximum atomic E-state index is 2.64. The van der Waals surface area contributed by atoms with Crippen molar-refractivity contribution in [2.75, 3.05) is 6.54 Å². The highest BCUT2D eigenvalue weighted by Gasteiger charge is 2.22. The molecule has 0 rings (SSSR count). The predicted molar refractivity (Wildman–Crippen MR) is 65.7 cm³/mol. The van der Waals surface area contributed by atoms with Gasteiger partial charge in [0.05, 0.1) is 0 Å². The number of rotatable bonds is 7. The van der Waals surface area contributed by atoms with Crippen molar-refractivity contribution in [2.45, 2.75) is 72.9 Å². The van der Waals surface area contributed by atoms with E-state index < -0.39 is 0 Å². The molecule has 0 spiro atoms. The zero-order valence-electron chi connectivity index (χ0n) is 11.0. The second kappa shape index (κ2) is 7.28. The van der Waals surface area contributed by atoms with Crippen LogP contribution in [0.4, 0.5) is 0 Å². The Morgan fingerprint density at radius 2 is 1.57 bits per heavy atom. The Labute approximate surface area is 90.9 Å². The number of nitrogens with zero attached hydrogens (tertiary/aromatic N) is 1. The Kier molecular flexibility index (Phi) is 7.26. The molecule has 0 amide bonds. The lowest BCUT2D eigenvalue weighted by Gasteiger charge is -2.37. The van der Waals surface area contributed by atoms with Gasteiger partial charge >= 0.3 is 0 Å². The molecule has 0 fully saturated rings. The molecule has 0 bridgehead atoms.